The van der Waals surface area contributed by atoms with Gasteiger partial charge in [-0.05, 0) is 145 Å². The van der Waals surface area contributed by atoms with Crippen molar-refractivity contribution in [2.75, 3.05) is 9.80 Å². The quantitative estimate of drug-likeness (QED) is 0.159. The fraction of sp³-hybridized carbons (Fsp3) is 0. The third-order valence-electron chi connectivity index (χ3n) is 15.6. The van der Waals surface area contributed by atoms with Gasteiger partial charge in [-0.15, -0.1) is 0 Å². The molecule has 0 unspecified atom stereocenters. The number of nitrogens with zero attached hydrogens (tertiary/aromatic N) is 6. The van der Waals surface area contributed by atoms with Gasteiger partial charge in [0.05, 0.1) is 39.5 Å². The molecule has 0 saturated carbocycles. The molecule has 16 rings (SSSR count). The highest BCUT2D eigenvalue weighted by molar-refractivity contribution is 6.22. The molecule has 2 aliphatic carbocycles. The standard InChI is InChI=1S/C68H40N6/c1-2-10-49-48(9-1)51-12-6-15-58-64(27-25-53(49)67(51)58)74(62-17-5-8-45-40-70-33-29-47(45)62)66-31-35-72-61-38-42(20-23-56(61)66)41-19-22-50-54-24-26-63(57-14-7-13-52(68(54)57)59(50)37-41)73(46-21-18-44-39-69-32-28-43(44)36-46)65-30-34-71-60-16-4-3-11-55(60)65/h1-40H. The summed E-state index contributed by atoms with van der Waals surface area (Å²) < 4.78 is 0. The number of para-hydroxylation sites is 1. The summed E-state index contributed by atoms with van der Waals surface area (Å²) in [6.07, 6.45) is 11.5. The maximum absolute atomic E-state index is 5.09. The van der Waals surface area contributed by atoms with Gasteiger partial charge in [0.1, 0.15) is 0 Å². The first-order chi connectivity index (χ1) is 36.7. The van der Waals surface area contributed by atoms with Crippen LogP contribution in [0.15, 0.2) is 243 Å². The lowest BCUT2D eigenvalue weighted by Crippen LogP contribution is -2.12. The van der Waals surface area contributed by atoms with Crippen molar-refractivity contribution in [3.05, 3.63) is 243 Å². The van der Waals surface area contributed by atoms with Crippen LogP contribution in [-0.4, -0.2) is 19.9 Å². The molecule has 14 aromatic rings. The van der Waals surface area contributed by atoms with Crippen molar-refractivity contribution in [3.8, 4) is 55.6 Å². The second-order valence-electron chi connectivity index (χ2n) is 19.4. The Morgan fingerprint density at radius 1 is 0.270 bits per heavy atom. The summed E-state index contributed by atoms with van der Waals surface area (Å²) in [4.78, 5) is 23.6. The number of hydrogen-bond acceptors (Lipinski definition) is 6. The number of rotatable bonds is 7. The normalized spacial score (nSPS) is 12.1. The molecule has 0 spiro atoms. The summed E-state index contributed by atoms with van der Waals surface area (Å²) in [7, 11) is 0. The van der Waals surface area contributed by atoms with Gasteiger partial charge in [0.25, 0.3) is 0 Å². The van der Waals surface area contributed by atoms with E-state index in [1.165, 1.54) is 66.1 Å². The number of anilines is 6. The Hall–Kier alpha value is -10.0. The fourth-order valence-corrected chi connectivity index (χ4v) is 12.3. The minimum absolute atomic E-state index is 0.925. The molecule has 0 atom stereocenters. The predicted molar refractivity (Wildman–Crippen MR) is 306 cm³/mol. The predicted octanol–water partition coefficient (Wildman–Crippen LogP) is 18.1. The molecule has 0 saturated heterocycles. The van der Waals surface area contributed by atoms with E-state index in [4.69, 9.17) is 9.97 Å². The number of benzene rings is 10. The number of aromatic nitrogens is 4. The minimum Gasteiger partial charge on any atom is -0.309 e. The van der Waals surface area contributed by atoms with Gasteiger partial charge in [0.2, 0.25) is 0 Å². The van der Waals surface area contributed by atoms with Gasteiger partial charge >= 0.3 is 0 Å². The lowest BCUT2D eigenvalue weighted by molar-refractivity contribution is 1.29. The topological polar surface area (TPSA) is 58.0 Å². The van der Waals surface area contributed by atoms with Crippen molar-refractivity contribution in [3.63, 3.8) is 0 Å². The molecule has 0 amide bonds. The van der Waals surface area contributed by atoms with Crippen LogP contribution in [0.25, 0.3) is 121 Å². The third-order valence-corrected chi connectivity index (χ3v) is 15.6. The van der Waals surface area contributed by atoms with Gasteiger partial charge in [-0.1, -0.05) is 133 Å². The van der Waals surface area contributed by atoms with E-state index in [2.05, 4.69) is 226 Å². The van der Waals surface area contributed by atoms with E-state index in [1.807, 2.05) is 37.2 Å². The molecule has 4 heterocycles. The van der Waals surface area contributed by atoms with Crippen LogP contribution in [0.3, 0.4) is 0 Å². The van der Waals surface area contributed by atoms with Crippen LogP contribution >= 0.6 is 0 Å². The number of fused-ring (bicyclic) bond motifs is 10. The molecule has 4 aromatic heterocycles. The lowest BCUT2D eigenvalue weighted by atomic mass is 9.96. The Kier molecular flexibility index (Phi) is 8.64. The summed E-state index contributed by atoms with van der Waals surface area (Å²) in [5.41, 5.74) is 20.7. The molecule has 10 aromatic carbocycles. The second-order valence-corrected chi connectivity index (χ2v) is 19.4. The van der Waals surface area contributed by atoms with Crippen LogP contribution < -0.4 is 9.80 Å². The SMILES string of the molecule is c1ccc2c(c1)-c1cccc3c(N(c4cccc5cnccc45)c4ccnc5cc(-c6ccc7c(c6)-c6cccc8c(N(c9ccc%10cnccc%10c9)c9ccnc%10ccccc9%10)ccc-7c68)ccc45)ccc-2c13. The lowest BCUT2D eigenvalue weighted by Gasteiger charge is -2.29. The van der Waals surface area contributed by atoms with Crippen molar-refractivity contribution in [1.29, 1.82) is 0 Å². The van der Waals surface area contributed by atoms with E-state index >= 15 is 0 Å². The zero-order chi connectivity index (χ0) is 48.4. The Morgan fingerprint density at radius 2 is 0.824 bits per heavy atom. The molecule has 6 heteroatoms. The fourth-order valence-electron chi connectivity index (χ4n) is 12.3. The summed E-state index contributed by atoms with van der Waals surface area (Å²) in [5.74, 6) is 0. The van der Waals surface area contributed by atoms with Gasteiger partial charge in [-0.2, -0.15) is 0 Å². The molecular formula is C68H40N6. The molecule has 74 heavy (non-hydrogen) atoms. The molecular weight excluding hydrogens is 901 g/mol. The average molecular weight is 941 g/mol. The van der Waals surface area contributed by atoms with Crippen molar-refractivity contribution >= 4 is 99.0 Å². The molecule has 0 radical (unpaired) electrons. The Morgan fingerprint density at radius 3 is 1.64 bits per heavy atom. The van der Waals surface area contributed by atoms with Gasteiger partial charge < -0.3 is 9.80 Å². The van der Waals surface area contributed by atoms with Crippen molar-refractivity contribution < 1.29 is 0 Å². The van der Waals surface area contributed by atoms with E-state index in [0.717, 1.165) is 88.6 Å². The Labute approximate surface area is 425 Å². The minimum atomic E-state index is 0.925. The van der Waals surface area contributed by atoms with Gasteiger partial charge in [-0.25, -0.2) is 0 Å². The zero-order valence-corrected chi connectivity index (χ0v) is 39.8. The second kappa shape index (κ2) is 15.7. The summed E-state index contributed by atoms with van der Waals surface area (Å²) in [6.45, 7) is 0. The van der Waals surface area contributed by atoms with Crippen LogP contribution in [0, 0.1) is 0 Å². The molecule has 0 N–H and O–H groups in total. The van der Waals surface area contributed by atoms with Crippen LogP contribution in [0.5, 0.6) is 0 Å². The highest BCUT2D eigenvalue weighted by Gasteiger charge is 2.29. The van der Waals surface area contributed by atoms with Crippen molar-refractivity contribution in [2.24, 2.45) is 0 Å². The largest absolute Gasteiger partial charge is 0.309 e. The van der Waals surface area contributed by atoms with Crippen LogP contribution in [0.2, 0.25) is 0 Å². The third kappa shape index (κ3) is 5.94. The summed E-state index contributed by atoms with van der Waals surface area (Å²) in [5, 5.41) is 11.5. The van der Waals surface area contributed by atoms with Gasteiger partial charge in [0, 0.05) is 80.6 Å². The first-order valence-corrected chi connectivity index (χ1v) is 25.1. The van der Waals surface area contributed by atoms with Gasteiger partial charge in [-0.3, -0.25) is 19.9 Å². The van der Waals surface area contributed by atoms with E-state index in [9.17, 15) is 0 Å². The van der Waals surface area contributed by atoms with E-state index in [-0.39, 0.29) is 0 Å². The molecule has 342 valence electrons. The van der Waals surface area contributed by atoms with E-state index in [0.29, 0.717) is 0 Å². The summed E-state index contributed by atoms with van der Waals surface area (Å²) in [6, 6.07) is 75.3. The highest BCUT2D eigenvalue weighted by atomic mass is 15.2. The number of hydrogen-bond donors (Lipinski definition) is 0. The molecule has 0 bridgehead atoms. The average Bonchev–Trinajstić information content (AvgIpc) is 3.98. The molecule has 0 fully saturated rings. The number of pyridine rings is 4. The van der Waals surface area contributed by atoms with Crippen LogP contribution in [0.1, 0.15) is 0 Å². The monoisotopic (exact) mass is 940 g/mol. The Balaban J connectivity index is 0.831. The first-order valence-electron chi connectivity index (χ1n) is 25.1. The van der Waals surface area contributed by atoms with Crippen LogP contribution in [0.4, 0.5) is 34.1 Å². The van der Waals surface area contributed by atoms with E-state index in [1.54, 1.807) is 0 Å². The van der Waals surface area contributed by atoms with Crippen molar-refractivity contribution in [2.45, 2.75) is 0 Å². The van der Waals surface area contributed by atoms with Crippen LogP contribution in [-0.2, 0) is 0 Å². The highest BCUT2D eigenvalue weighted by Crippen LogP contribution is 2.55. The smallest absolute Gasteiger partial charge is 0.0729 e. The maximum Gasteiger partial charge on any atom is 0.0729 e. The first kappa shape index (κ1) is 40.7. The summed E-state index contributed by atoms with van der Waals surface area (Å²) >= 11 is 0. The Bertz CT molecular complexity index is 4670. The molecule has 6 nitrogen and oxygen atoms in total. The molecule has 0 aliphatic heterocycles. The van der Waals surface area contributed by atoms with Crippen molar-refractivity contribution in [1.82, 2.24) is 19.9 Å². The van der Waals surface area contributed by atoms with Gasteiger partial charge in [0.15, 0.2) is 0 Å². The molecule has 2 aliphatic rings. The maximum atomic E-state index is 5.09. The zero-order valence-electron chi connectivity index (χ0n) is 39.8. The van der Waals surface area contributed by atoms with E-state index < -0.39 is 0 Å².